The molecule has 0 spiro atoms. The number of thiocarbonyl (C=S) groups is 1. The second-order valence-corrected chi connectivity index (χ2v) is 8.15. The second-order valence-electron chi connectivity index (χ2n) is 7.76. The molecule has 28 heavy (non-hydrogen) atoms. The summed E-state index contributed by atoms with van der Waals surface area (Å²) >= 11 is 5.80. The van der Waals surface area contributed by atoms with Gasteiger partial charge in [0.1, 0.15) is 0 Å². The van der Waals surface area contributed by atoms with Crippen molar-refractivity contribution in [2.75, 3.05) is 4.90 Å². The molecule has 2 aliphatic rings. The molecule has 142 valence electrons. The first-order valence-corrected chi connectivity index (χ1v) is 10.3. The number of aryl methyl sites for hydroxylation is 1. The lowest BCUT2D eigenvalue weighted by Gasteiger charge is -2.28. The highest BCUT2D eigenvalue weighted by Crippen LogP contribution is 2.45. The number of anilines is 1. The fourth-order valence-corrected chi connectivity index (χ4v) is 4.88. The van der Waals surface area contributed by atoms with E-state index in [1.165, 1.54) is 29.8 Å². The van der Waals surface area contributed by atoms with Crippen molar-refractivity contribution in [1.29, 1.82) is 0 Å². The molecule has 0 amide bonds. The van der Waals surface area contributed by atoms with Crippen LogP contribution in [-0.2, 0) is 0 Å². The number of pyridine rings is 1. The normalized spacial score (nSPS) is 21.8. The summed E-state index contributed by atoms with van der Waals surface area (Å²) < 4.78 is 2.51. The molecule has 2 atom stereocenters. The van der Waals surface area contributed by atoms with Gasteiger partial charge in [-0.25, -0.2) is 0 Å². The molecule has 0 unspecified atom stereocenters. The average Bonchev–Trinajstić information content (AvgIpc) is 3.42. The van der Waals surface area contributed by atoms with Gasteiger partial charge in [0.15, 0.2) is 5.11 Å². The van der Waals surface area contributed by atoms with E-state index in [9.17, 15) is 0 Å². The predicted molar refractivity (Wildman–Crippen MR) is 117 cm³/mol. The number of rotatable bonds is 4. The summed E-state index contributed by atoms with van der Waals surface area (Å²) in [4.78, 5) is 6.91. The van der Waals surface area contributed by atoms with Crippen molar-refractivity contribution in [3.8, 4) is 0 Å². The summed E-state index contributed by atoms with van der Waals surface area (Å²) in [5.41, 5.74) is 6.14. The first kappa shape index (κ1) is 17.4. The smallest absolute Gasteiger partial charge is 0.174 e. The van der Waals surface area contributed by atoms with Gasteiger partial charge in [-0.1, -0.05) is 24.3 Å². The SMILES string of the molecule is Cc1cc([C@H]2[C@H](c3ccccn3)NC(=S)N2c2ccccc2)c(C)n1C1CC1. The number of para-hydroxylation sites is 1. The van der Waals surface area contributed by atoms with Crippen molar-refractivity contribution in [2.24, 2.45) is 0 Å². The van der Waals surface area contributed by atoms with E-state index in [1.807, 2.05) is 24.4 Å². The molecule has 0 radical (unpaired) electrons. The fraction of sp³-hybridized carbons (Fsp3) is 0.304. The molecule has 5 heteroatoms. The standard InChI is InChI=1S/C23H24N4S/c1-15-14-19(16(2)26(15)18-11-12-18)22-21(20-10-6-7-13-24-20)25-23(28)27(22)17-8-4-3-5-9-17/h3-10,13-14,18,21-22H,11-12H2,1-2H3,(H,25,28)/t21-,22-/m0/s1. The van der Waals surface area contributed by atoms with E-state index >= 15 is 0 Å². The van der Waals surface area contributed by atoms with Crippen molar-refractivity contribution < 1.29 is 0 Å². The van der Waals surface area contributed by atoms with Crippen LogP contribution < -0.4 is 10.2 Å². The number of nitrogens with one attached hydrogen (secondary N) is 1. The maximum atomic E-state index is 5.80. The second kappa shape index (κ2) is 6.74. The van der Waals surface area contributed by atoms with Gasteiger partial charge < -0.3 is 14.8 Å². The van der Waals surface area contributed by atoms with E-state index in [0.717, 1.165) is 16.5 Å². The maximum Gasteiger partial charge on any atom is 0.174 e. The highest BCUT2D eigenvalue weighted by atomic mass is 32.1. The van der Waals surface area contributed by atoms with Crippen molar-refractivity contribution in [3.63, 3.8) is 0 Å². The summed E-state index contributed by atoms with van der Waals surface area (Å²) in [6.45, 7) is 4.47. The Bertz CT molecular complexity index is 1010. The van der Waals surface area contributed by atoms with Crippen LogP contribution in [0, 0.1) is 13.8 Å². The van der Waals surface area contributed by atoms with E-state index in [4.69, 9.17) is 12.2 Å². The zero-order valence-electron chi connectivity index (χ0n) is 16.2. The van der Waals surface area contributed by atoms with Gasteiger partial charge in [-0.3, -0.25) is 4.98 Å². The van der Waals surface area contributed by atoms with Crippen LogP contribution in [0.3, 0.4) is 0 Å². The zero-order chi connectivity index (χ0) is 19.3. The lowest BCUT2D eigenvalue weighted by molar-refractivity contribution is 0.562. The molecule has 2 aromatic heterocycles. The molecule has 2 fully saturated rings. The molecule has 3 heterocycles. The summed E-state index contributed by atoms with van der Waals surface area (Å²) in [6, 6.07) is 19.6. The minimum absolute atomic E-state index is 0.0158. The van der Waals surface area contributed by atoms with Crippen molar-refractivity contribution in [3.05, 3.63) is 83.4 Å². The van der Waals surface area contributed by atoms with Gasteiger partial charge in [-0.05, 0) is 74.8 Å². The van der Waals surface area contributed by atoms with Crippen LogP contribution >= 0.6 is 12.2 Å². The molecule has 1 saturated heterocycles. The van der Waals surface area contributed by atoms with Crippen LogP contribution in [-0.4, -0.2) is 14.7 Å². The highest BCUT2D eigenvalue weighted by Gasteiger charge is 2.42. The van der Waals surface area contributed by atoms with E-state index in [0.29, 0.717) is 6.04 Å². The number of hydrogen-bond acceptors (Lipinski definition) is 2. The van der Waals surface area contributed by atoms with Gasteiger partial charge in [0.05, 0.1) is 17.8 Å². The van der Waals surface area contributed by atoms with Gasteiger partial charge in [-0.2, -0.15) is 0 Å². The third kappa shape index (κ3) is 2.81. The Morgan fingerprint density at radius 1 is 1.04 bits per heavy atom. The zero-order valence-corrected chi connectivity index (χ0v) is 17.0. The van der Waals surface area contributed by atoms with Crippen LogP contribution in [0.4, 0.5) is 5.69 Å². The Balaban J connectivity index is 1.66. The number of hydrogen-bond donors (Lipinski definition) is 1. The highest BCUT2D eigenvalue weighted by molar-refractivity contribution is 7.80. The molecular formula is C23H24N4S. The molecule has 1 N–H and O–H groups in total. The van der Waals surface area contributed by atoms with Gasteiger partial charge in [0.25, 0.3) is 0 Å². The first-order valence-electron chi connectivity index (χ1n) is 9.89. The third-order valence-corrected chi connectivity index (χ3v) is 6.20. The molecule has 3 aromatic rings. The number of nitrogens with zero attached hydrogens (tertiary/aromatic N) is 3. The van der Waals surface area contributed by atoms with Crippen LogP contribution in [0.2, 0.25) is 0 Å². The van der Waals surface area contributed by atoms with Crippen molar-refractivity contribution in [2.45, 2.75) is 44.8 Å². The first-order chi connectivity index (χ1) is 13.6. The van der Waals surface area contributed by atoms with E-state index < -0.39 is 0 Å². The topological polar surface area (TPSA) is 33.1 Å². The predicted octanol–water partition coefficient (Wildman–Crippen LogP) is 5.01. The molecule has 5 rings (SSSR count). The maximum absolute atomic E-state index is 5.80. The quantitative estimate of drug-likeness (QED) is 0.637. The Morgan fingerprint density at radius 2 is 1.79 bits per heavy atom. The van der Waals surface area contributed by atoms with Gasteiger partial charge in [0.2, 0.25) is 0 Å². The number of aromatic nitrogens is 2. The molecule has 1 aliphatic heterocycles. The van der Waals surface area contributed by atoms with Gasteiger partial charge >= 0.3 is 0 Å². The van der Waals surface area contributed by atoms with E-state index in [1.54, 1.807) is 0 Å². The molecule has 1 aliphatic carbocycles. The molecule has 0 bridgehead atoms. The Hall–Kier alpha value is -2.66. The third-order valence-electron chi connectivity index (χ3n) is 5.89. The molecule has 1 saturated carbocycles. The van der Waals surface area contributed by atoms with Crippen molar-refractivity contribution >= 4 is 23.0 Å². The van der Waals surface area contributed by atoms with Gasteiger partial charge in [0, 0.05) is 29.3 Å². The molecule has 1 aromatic carbocycles. The Labute approximate surface area is 171 Å². The molecular weight excluding hydrogens is 364 g/mol. The van der Waals surface area contributed by atoms with Crippen LogP contribution in [0.5, 0.6) is 0 Å². The van der Waals surface area contributed by atoms with Gasteiger partial charge in [-0.15, -0.1) is 0 Å². The summed E-state index contributed by atoms with van der Waals surface area (Å²) in [5, 5.41) is 4.31. The summed E-state index contributed by atoms with van der Waals surface area (Å²) in [5.74, 6) is 0. The Kier molecular flexibility index (Phi) is 4.20. The van der Waals surface area contributed by atoms with E-state index in [2.05, 4.69) is 70.0 Å². The average molecular weight is 389 g/mol. The lowest BCUT2D eigenvalue weighted by atomic mass is 9.96. The lowest BCUT2D eigenvalue weighted by Crippen LogP contribution is -2.29. The number of benzene rings is 1. The minimum atomic E-state index is 0.0158. The largest absolute Gasteiger partial charge is 0.351 e. The van der Waals surface area contributed by atoms with Crippen LogP contribution in [0.1, 0.15) is 53.6 Å². The molecule has 4 nitrogen and oxygen atoms in total. The monoisotopic (exact) mass is 388 g/mol. The fourth-order valence-electron chi connectivity index (χ4n) is 4.53. The summed E-state index contributed by atoms with van der Waals surface area (Å²) in [6.07, 6.45) is 4.42. The Morgan fingerprint density at radius 3 is 2.46 bits per heavy atom. The van der Waals surface area contributed by atoms with Crippen LogP contribution in [0.15, 0.2) is 60.8 Å². The van der Waals surface area contributed by atoms with Crippen molar-refractivity contribution in [1.82, 2.24) is 14.9 Å². The summed E-state index contributed by atoms with van der Waals surface area (Å²) in [7, 11) is 0. The van der Waals surface area contributed by atoms with Crippen LogP contribution in [0.25, 0.3) is 0 Å². The minimum Gasteiger partial charge on any atom is -0.351 e. The van der Waals surface area contributed by atoms with E-state index in [-0.39, 0.29) is 12.1 Å².